The van der Waals surface area contributed by atoms with Crippen LogP contribution in [0.2, 0.25) is 0 Å². The summed E-state index contributed by atoms with van der Waals surface area (Å²) in [6.45, 7) is 4.84. The van der Waals surface area contributed by atoms with E-state index in [1.54, 1.807) is 38.1 Å². The standard InChI is InChI=1S/C15H18O3S2/c1-12(2)20(17,18)15-9-6-8-14(11-15)7-4-5-10-19-13(3)16/h6,8-9,11-12H,5,10H2,1-3H3. The summed E-state index contributed by atoms with van der Waals surface area (Å²) in [4.78, 5) is 11.0. The summed E-state index contributed by atoms with van der Waals surface area (Å²) in [7, 11) is -3.26. The Labute approximate surface area is 125 Å². The van der Waals surface area contributed by atoms with Crippen molar-refractivity contribution >= 4 is 26.7 Å². The monoisotopic (exact) mass is 310 g/mol. The fourth-order valence-corrected chi connectivity index (χ4v) is 3.03. The third-order valence-corrected chi connectivity index (χ3v) is 5.52. The quantitative estimate of drug-likeness (QED) is 0.634. The van der Waals surface area contributed by atoms with Gasteiger partial charge in [-0.05, 0) is 32.0 Å². The largest absolute Gasteiger partial charge is 0.288 e. The van der Waals surface area contributed by atoms with Crippen LogP contribution in [0.25, 0.3) is 0 Å². The van der Waals surface area contributed by atoms with Gasteiger partial charge in [0, 0.05) is 24.7 Å². The molecule has 20 heavy (non-hydrogen) atoms. The molecule has 108 valence electrons. The van der Waals surface area contributed by atoms with Crippen LogP contribution in [0.1, 0.15) is 32.8 Å². The number of thioether (sulfide) groups is 1. The normalized spacial score (nSPS) is 11.0. The van der Waals surface area contributed by atoms with Crippen LogP contribution in [0.15, 0.2) is 29.2 Å². The summed E-state index contributed by atoms with van der Waals surface area (Å²) < 4.78 is 24.1. The van der Waals surface area contributed by atoms with Gasteiger partial charge in [0.05, 0.1) is 10.1 Å². The zero-order valence-corrected chi connectivity index (χ0v) is 13.5. The maximum absolute atomic E-state index is 12.0. The lowest BCUT2D eigenvalue weighted by Gasteiger charge is -2.07. The molecule has 0 aliphatic carbocycles. The number of rotatable bonds is 4. The second-order valence-corrected chi connectivity index (χ2v) is 8.29. The highest BCUT2D eigenvalue weighted by atomic mass is 32.2. The van der Waals surface area contributed by atoms with Crippen molar-refractivity contribution in [1.82, 2.24) is 0 Å². The highest BCUT2D eigenvalue weighted by molar-refractivity contribution is 8.13. The van der Waals surface area contributed by atoms with Gasteiger partial charge < -0.3 is 0 Å². The predicted molar refractivity (Wildman–Crippen MR) is 83.4 cm³/mol. The molecule has 0 radical (unpaired) electrons. The Kier molecular flexibility index (Phi) is 6.31. The molecule has 0 spiro atoms. The smallest absolute Gasteiger partial charge is 0.185 e. The van der Waals surface area contributed by atoms with Crippen LogP contribution >= 0.6 is 11.8 Å². The van der Waals surface area contributed by atoms with Crippen LogP contribution in [-0.2, 0) is 14.6 Å². The van der Waals surface area contributed by atoms with Gasteiger partial charge in [0.2, 0.25) is 0 Å². The highest BCUT2D eigenvalue weighted by Crippen LogP contribution is 2.16. The van der Waals surface area contributed by atoms with E-state index in [1.807, 2.05) is 0 Å². The van der Waals surface area contributed by atoms with Gasteiger partial charge in [0.1, 0.15) is 0 Å². The first kappa shape index (κ1) is 16.8. The highest BCUT2D eigenvalue weighted by Gasteiger charge is 2.18. The molecule has 1 aromatic rings. The number of carbonyl (C=O) groups excluding carboxylic acids is 1. The van der Waals surface area contributed by atoms with Gasteiger partial charge in [-0.25, -0.2) is 8.42 Å². The first-order valence-electron chi connectivity index (χ1n) is 6.30. The van der Waals surface area contributed by atoms with Gasteiger partial charge in [-0.3, -0.25) is 4.79 Å². The molecule has 0 aliphatic rings. The fraction of sp³-hybridized carbons (Fsp3) is 0.400. The summed E-state index contributed by atoms with van der Waals surface area (Å²) in [5.74, 6) is 6.54. The third kappa shape index (κ3) is 5.03. The van der Waals surface area contributed by atoms with E-state index in [9.17, 15) is 13.2 Å². The van der Waals surface area contributed by atoms with Gasteiger partial charge in [-0.15, -0.1) is 0 Å². The molecular weight excluding hydrogens is 292 g/mol. The molecule has 0 saturated heterocycles. The van der Waals surface area contributed by atoms with Gasteiger partial charge in [0.25, 0.3) is 0 Å². The average Bonchev–Trinajstić information content (AvgIpc) is 2.38. The number of sulfone groups is 1. The minimum atomic E-state index is -3.26. The van der Waals surface area contributed by atoms with E-state index in [0.29, 0.717) is 22.6 Å². The maximum atomic E-state index is 12.0. The van der Waals surface area contributed by atoms with E-state index in [2.05, 4.69) is 11.8 Å². The van der Waals surface area contributed by atoms with Gasteiger partial charge in [-0.2, -0.15) is 0 Å². The third-order valence-electron chi connectivity index (χ3n) is 2.55. The Morgan fingerprint density at radius 2 is 2.05 bits per heavy atom. The van der Waals surface area contributed by atoms with Gasteiger partial charge >= 0.3 is 0 Å². The fourth-order valence-electron chi connectivity index (χ4n) is 1.43. The lowest BCUT2D eigenvalue weighted by Crippen LogP contribution is -2.13. The van der Waals surface area contributed by atoms with Crippen molar-refractivity contribution in [2.75, 3.05) is 5.75 Å². The van der Waals surface area contributed by atoms with Crippen molar-refractivity contribution in [3.63, 3.8) is 0 Å². The van der Waals surface area contributed by atoms with Crippen molar-refractivity contribution in [2.45, 2.75) is 37.3 Å². The lowest BCUT2D eigenvalue weighted by molar-refractivity contribution is -0.109. The first-order valence-corrected chi connectivity index (χ1v) is 8.83. The summed E-state index contributed by atoms with van der Waals surface area (Å²) in [6.07, 6.45) is 0.603. The van der Waals surface area contributed by atoms with Crippen molar-refractivity contribution in [3.8, 4) is 11.8 Å². The van der Waals surface area contributed by atoms with E-state index >= 15 is 0 Å². The Balaban J connectivity index is 2.80. The molecule has 0 fully saturated rings. The summed E-state index contributed by atoms with van der Waals surface area (Å²) >= 11 is 1.24. The molecule has 5 heteroatoms. The summed E-state index contributed by atoms with van der Waals surface area (Å²) in [5, 5.41) is -0.366. The van der Waals surface area contributed by atoms with Crippen molar-refractivity contribution in [2.24, 2.45) is 0 Å². The van der Waals surface area contributed by atoms with Gasteiger partial charge in [-0.1, -0.05) is 29.7 Å². The average molecular weight is 310 g/mol. The van der Waals surface area contributed by atoms with Gasteiger partial charge in [0.15, 0.2) is 15.0 Å². The van der Waals surface area contributed by atoms with Crippen LogP contribution in [0.3, 0.4) is 0 Å². The SMILES string of the molecule is CC(=O)SCCC#Cc1cccc(S(=O)(=O)C(C)C)c1. The zero-order chi connectivity index (χ0) is 15.2. The Morgan fingerprint density at radius 1 is 1.35 bits per heavy atom. The zero-order valence-electron chi connectivity index (χ0n) is 11.8. The number of carbonyl (C=O) groups is 1. The van der Waals surface area contributed by atoms with E-state index in [4.69, 9.17) is 0 Å². The maximum Gasteiger partial charge on any atom is 0.185 e. The molecule has 0 unspecified atom stereocenters. The van der Waals surface area contributed by atoms with E-state index in [-0.39, 0.29) is 5.12 Å². The predicted octanol–water partition coefficient (Wildman–Crippen LogP) is 2.89. The Hall–Kier alpha value is -1.25. The van der Waals surface area contributed by atoms with Crippen molar-refractivity contribution in [3.05, 3.63) is 29.8 Å². The molecule has 3 nitrogen and oxygen atoms in total. The second kappa shape index (κ2) is 7.51. The van der Waals surface area contributed by atoms with E-state index in [1.165, 1.54) is 18.7 Å². The van der Waals surface area contributed by atoms with Crippen molar-refractivity contribution in [1.29, 1.82) is 0 Å². The molecule has 0 aliphatic heterocycles. The molecule has 0 saturated carbocycles. The van der Waals surface area contributed by atoms with Crippen LogP contribution in [0.5, 0.6) is 0 Å². The minimum Gasteiger partial charge on any atom is -0.288 e. The number of benzene rings is 1. The van der Waals surface area contributed by atoms with Crippen LogP contribution < -0.4 is 0 Å². The summed E-state index contributed by atoms with van der Waals surface area (Å²) in [6, 6.07) is 6.67. The van der Waals surface area contributed by atoms with Crippen molar-refractivity contribution < 1.29 is 13.2 Å². The first-order chi connectivity index (χ1) is 9.34. The van der Waals surface area contributed by atoms with E-state index in [0.717, 1.165) is 0 Å². The Bertz CT molecular complexity index is 635. The number of hydrogen-bond donors (Lipinski definition) is 0. The van der Waals surface area contributed by atoms with Crippen LogP contribution in [0.4, 0.5) is 0 Å². The molecular formula is C15H18O3S2. The lowest BCUT2D eigenvalue weighted by atomic mass is 10.2. The summed E-state index contributed by atoms with van der Waals surface area (Å²) in [5.41, 5.74) is 0.680. The molecule has 0 aromatic heterocycles. The van der Waals surface area contributed by atoms with E-state index < -0.39 is 15.1 Å². The molecule has 0 amide bonds. The van der Waals surface area contributed by atoms with Crippen LogP contribution in [-0.4, -0.2) is 24.5 Å². The second-order valence-electron chi connectivity index (χ2n) is 4.51. The molecule has 0 bridgehead atoms. The molecule has 0 N–H and O–H groups in total. The molecule has 0 atom stereocenters. The molecule has 0 heterocycles. The number of hydrogen-bond acceptors (Lipinski definition) is 4. The molecule has 1 aromatic carbocycles. The van der Waals surface area contributed by atoms with Crippen LogP contribution in [0, 0.1) is 11.8 Å². The topological polar surface area (TPSA) is 51.2 Å². The minimum absolute atomic E-state index is 0.0804. The Morgan fingerprint density at radius 3 is 2.65 bits per heavy atom. The molecule has 1 rings (SSSR count).